The van der Waals surface area contributed by atoms with Crippen LogP contribution in [0.25, 0.3) is 0 Å². The van der Waals surface area contributed by atoms with Gasteiger partial charge in [0.05, 0.1) is 6.61 Å². The highest BCUT2D eigenvalue weighted by Gasteiger charge is 2.18. The average Bonchev–Trinajstić information content (AvgIpc) is 2.29. The summed E-state index contributed by atoms with van der Waals surface area (Å²) < 4.78 is 0. The predicted octanol–water partition coefficient (Wildman–Crippen LogP) is 1.86. The molecule has 0 aliphatic carbocycles. The highest BCUT2D eigenvalue weighted by molar-refractivity contribution is 4.76. The Morgan fingerprint density at radius 1 is 1.35 bits per heavy atom. The van der Waals surface area contributed by atoms with Gasteiger partial charge in [-0.1, -0.05) is 20.3 Å². The first-order valence-corrected chi connectivity index (χ1v) is 7.18. The summed E-state index contributed by atoms with van der Waals surface area (Å²) in [5.41, 5.74) is 0. The zero-order valence-corrected chi connectivity index (χ0v) is 11.8. The number of rotatable bonds is 7. The lowest BCUT2D eigenvalue weighted by Gasteiger charge is -2.33. The van der Waals surface area contributed by atoms with E-state index in [4.69, 9.17) is 0 Å². The number of aliphatic hydroxyl groups is 1. The summed E-state index contributed by atoms with van der Waals surface area (Å²) in [7, 11) is 2.24. The minimum atomic E-state index is 0.263. The zero-order valence-electron chi connectivity index (χ0n) is 11.8. The van der Waals surface area contributed by atoms with E-state index in [2.05, 4.69) is 31.1 Å². The maximum atomic E-state index is 9.29. The van der Waals surface area contributed by atoms with Gasteiger partial charge in [0, 0.05) is 12.1 Å². The minimum absolute atomic E-state index is 0.263. The number of likely N-dealkylation sites (tertiary alicyclic amines) is 1. The number of piperidine rings is 1. The van der Waals surface area contributed by atoms with Crippen molar-refractivity contribution in [1.82, 2.24) is 10.2 Å². The Bertz CT molecular complexity index is 197. The van der Waals surface area contributed by atoms with Gasteiger partial charge < -0.3 is 15.3 Å². The summed E-state index contributed by atoms with van der Waals surface area (Å²) in [6.45, 7) is 6.96. The van der Waals surface area contributed by atoms with Crippen molar-refractivity contribution in [1.29, 1.82) is 0 Å². The molecule has 0 aromatic rings. The Morgan fingerprint density at radius 2 is 2.12 bits per heavy atom. The van der Waals surface area contributed by atoms with Crippen LogP contribution >= 0.6 is 0 Å². The summed E-state index contributed by atoms with van der Waals surface area (Å²) >= 11 is 0. The van der Waals surface area contributed by atoms with Crippen molar-refractivity contribution in [3.63, 3.8) is 0 Å². The van der Waals surface area contributed by atoms with Crippen LogP contribution < -0.4 is 5.32 Å². The van der Waals surface area contributed by atoms with Crippen LogP contribution in [0.1, 0.15) is 46.0 Å². The molecule has 2 N–H and O–H groups in total. The van der Waals surface area contributed by atoms with E-state index >= 15 is 0 Å². The molecule has 0 aromatic carbocycles. The van der Waals surface area contributed by atoms with Gasteiger partial charge in [-0.15, -0.1) is 0 Å². The van der Waals surface area contributed by atoms with Gasteiger partial charge >= 0.3 is 0 Å². The third kappa shape index (κ3) is 5.84. The number of nitrogens with zero attached hydrogens (tertiary/aromatic N) is 1. The van der Waals surface area contributed by atoms with Gasteiger partial charge in [0.15, 0.2) is 0 Å². The van der Waals surface area contributed by atoms with E-state index < -0.39 is 0 Å². The van der Waals surface area contributed by atoms with Gasteiger partial charge in [-0.2, -0.15) is 0 Å². The summed E-state index contributed by atoms with van der Waals surface area (Å²) in [5.74, 6) is 0.650. The summed E-state index contributed by atoms with van der Waals surface area (Å²) in [4.78, 5) is 2.49. The number of aliphatic hydroxyl groups excluding tert-OH is 1. The van der Waals surface area contributed by atoms with Gasteiger partial charge in [0.2, 0.25) is 0 Å². The van der Waals surface area contributed by atoms with Crippen LogP contribution in [-0.4, -0.2) is 48.8 Å². The van der Waals surface area contributed by atoms with Gasteiger partial charge in [-0.3, -0.25) is 0 Å². The van der Waals surface area contributed by atoms with E-state index in [-0.39, 0.29) is 12.6 Å². The molecule has 0 aromatic heterocycles. The molecule has 0 saturated carbocycles. The van der Waals surface area contributed by atoms with Crippen LogP contribution in [0.4, 0.5) is 0 Å². The first-order valence-electron chi connectivity index (χ1n) is 7.18. The van der Waals surface area contributed by atoms with Crippen molar-refractivity contribution >= 4 is 0 Å². The van der Waals surface area contributed by atoms with Crippen molar-refractivity contribution in [3.05, 3.63) is 0 Å². The van der Waals surface area contributed by atoms with E-state index in [1.54, 1.807) is 0 Å². The molecule has 0 bridgehead atoms. The monoisotopic (exact) mass is 242 g/mol. The largest absolute Gasteiger partial charge is 0.395 e. The van der Waals surface area contributed by atoms with Gasteiger partial charge in [-0.05, 0) is 51.7 Å². The molecule has 3 heteroatoms. The molecule has 1 heterocycles. The van der Waals surface area contributed by atoms with Crippen LogP contribution in [0.3, 0.4) is 0 Å². The average molecular weight is 242 g/mol. The quantitative estimate of drug-likeness (QED) is 0.715. The Balaban J connectivity index is 2.16. The van der Waals surface area contributed by atoms with Crippen molar-refractivity contribution in [3.8, 4) is 0 Å². The molecule has 0 amide bonds. The molecule has 0 spiro atoms. The molecule has 2 unspecified atom stereocenters. The topological polar surface area (TPSA) is 35.5 Å². The SMILES string of the molecule is CC(C)CC(CO)NCCC1CCCCN1C. The molecule has 17 heavy (non-hydrogen) atoms. The van der Waals surface area contributed by atoms with E-state index in [0.717, 1.165) is 19.0 Å². The molecule has 2 atom stereocenters. The molecule has 1 fully saturated rings. The maximum absolute atomic E-state index is 9.29. The molecule has 1 aliphatic heterocycles. The second kappa shape index (κ2) is 8.06. The molecular weight excluding hydrogens is 212 g/mol. The normalized spacial score (nSPS) is 24.2. The van der Waals surface area contributed by atoms with Crippen molar-refractivity contribution < 1.29 is 5.11 Å². The maximum Gasteiger partial charge on any atom is 0.0584 e. The molecule has 102 valence electrons. The van der Waals surface area contributed by atoms with E-state index in [1.807, 2.05) is 0 Å². The van der Waals surface area contributed by atoms with Crippen molar-refractivity contribution in [2.24, 2.45) is 5.92 Å². The second-order valence-electron chi connectivity index (χ2n) is 5.88. The minimum Gasteiger partial charge on any atom is -0.395 e. The molecule has 0 radical (unpaired) electrons. The fourth-order valence-corrected chi connectivity index (χ4v) is 2.75. The van der Waals surface area contributed by atoms with Gasteiger partial charge in [-0.25, -0.2) is 0 Å². The fraction of sp³-hybridized carbons (Fsp3) is 1.00. The number of hydrogen-bond donors (Lipinski definition) is 2. The van der Waals surface area contributed by atoms with Crippen LogP contribution in [0.5, 0.6) is 0 Å². The first kappa shape index (κ1) is 14.9. The highest BCUT2D eigenvalue weighted by Crippen LogP contribution is 2.17. The molecular formula is C14H30N2O. The molecule has 1 saturated heterocycles. The van der Waals surface area contributed by atoms with Crippen LogP contribution in [-0.2, 0) is 0 Å². The zero-order chi connectivity index (χ0) is 12.7. The summed E-state index contributed by atoms with van der Waals surface area (Å²) in [5, 5.41) is 12.8. The van der Waals surface area contributed by atoms with E-state index in [0.29, 0.717) is 5.92 Å². The van der Waals surface area contributed by atoms with E-state index in [9.17, 15) is 5.11 Å². The van der Waals surface area contributed by atoms with Gasteiger partial charge in [0.1, 0.15) is 0 Å². The summed E-state index contributed by atoms with van der Waals surface area (Å²) in [6, 6.07) is 1.03. The number of nitrogens with one attached hydrogen (secondary N) is 1. The smallest absolute Gasteiger partial charge is 0.0584 e. The fourth-order valence-electron chi connectivity index (χ4n) is 2.75. The lowest BCUT2D eigenvalue weighted by atomic mass is 9.99. The Morgan fingerprint density at radius 3 is 2.71 bits per heavy atom. The standard InChI is InChI=1S/C14H30N2O/c1-12(2)10-13(11-17)15-8-7-14-6-4-5-9-16(14)3/h12-15,17H,4-11H2,1-3H3. The van der Waals surface area contributed by atoms with E-state index in [1.165, 1.54) is 32.2 Å². The predicted molar refractivity (Wildman–Crippen MR) is 73.2 cm³/mol. The van der Waals surface area contributed by atoms with Crippen molar-refractivity contribution in [2.75, 3.05) is 26.7 Å². The van der Waals surface area contributed by atoms with Crippen LogP contribution in [0.2, 0.25) is 0 Å². The van der Waals surface area contributed by atoms with Crippen LogP contribution in [0, 0.1) is 5.92 Å². The third-order valence-electron chi connectivity index (χ3n) is 3.81. The van der Waals surface area contributed by atoms with Gasteiger partial charge in [0.25, 0.3) is 0 Å². The third-order valence-corrected chi connectivity index (χ3v) is 3.81. The molecule has 3 nitrogen and oxygen atoms in total. The Labute approximate surface area is 107 Å². The first-order chi connectivity index (χ1) is 8.13. The van der Waals surface area contributed by atoms with Crippen molar-refractivity contribution in [2.45, 2.75) is 58.0 Å². The molecule has 1 rings (SSSR count). The molecule has 1 aliphatic rings. The Kier molecular flexibility index (Phi) is 7.09. The Hall–Kier alpha value is -0.120. The summed E-state index contributed by atoms with van der Waals surface area (Å²) in [6.07, 6.45) is 6.35. The highest BCUT2D eigenvalue weighted by atomic mass is 16.3. The second-order valence-corrected chi connectivity index (χ2v) is 5.88. The van der Waals surface area contributed by atoms with Crippen LogP contribution in [0.15, 0.2) is 0 Å². The number of hydrogen-bond acceptors (Lipinski definition) is 3. The lowest BCUT2D eigenvalue weighted by molar-refractivity contribution is 0.169. The lowest BCUT2D eigenvalue weighted by Crippen LogP contribution is -2.41.